The smallest absolute Gasteiger partial charge is 0.295 e. The Morgan fingerprint density at radius 3 is 1.36 bits per heavy atom. The highest BCUT2D eigenvalue weighted by Crippen LogP contribution is 2.34. The lowest BCUT2D eigenvalue weighted by Gasteiger charge is -1.90. The molecule has 0 spiro atoms. The largest absolute Gasteiger partial charge is 0.300 e. The maximum Gasteiger partial charge on any atom is 0.300 e. The highest BCUT2D eigenvalue weighted by atomic mass is 127. The average molecular weight is 772 g/mol. The summed E-state index contributed by atoms with van der Waals surface area (Å²) in [6, 6.07) is 15.5. The van der Waals surface area contributed by atoms with Crippen molar-refractivity contribution in [1.29, 1.82) is 0 Å². The first-order chi connectivity index (χ1) is 20.7. The molecular formula is C28H14I2N12+2. The van der Waals surface area contributed by atoms with Crippen molar-refractivity contribution in [3.63, 3.8) is 0 Å². The lowest BCUT2D eigenvalue weighted by Crippen LogP contribution is -2.22. The molecule has 42 heavy (non-hydrogen) atoms. The maximum atomic E-state index is 5.08. The van der Waals surface area contributed by atoms with Crippen LogP contribution in [0.3, 0.4) is 0 Å². The first kappa shape index (κ1) is 24.1. The molecule has 0 fully saturated rings. The number of rotatable bonds is 0. The molecule has 9 heterocycles. The van der Waals surface area contributed by atoms with Gasteiger partial charge in [0, 0.05) is 24.8 Å². The highest BCUT2D eigenvalue weighted by Gasteiger charge is 2.34. The fourth-order valence-corrected chi connectivity index (χ4v) is 6.75. The van der Waals surface area contributed by atoms with E-state index in [1.54, 1.807) is 24.8 Å². The molecule has 14 heteroatoms. The van der Waals surface area contributed by atoms with Crippen LogP contribution in [0.4, 0.5) is 0 Å². The number of halogens is 2. The van der Waals surface area contributed by atoms with Gasteiger partial charge in [-0.05, 0) is 48.5 Å². The molecule has 7 aromatic heterocycles. The van der Waals surface area contributed by atoms with Gasteiger partial charge in [0.1, 0.15) is 11.0 Å². The van der Waals surface area contributed by atoms with E-state index >= 15 is 0 Å². The van der Waals surface area contributed by atoms with Gasteiger partial charge in [-0.2, -0.15) is 5.56 Å². The topological polar surface area (TPSA) is 142 Å². The molecule has 12 nitrogen and oxygen atoms in total. The quantitative estimate of drug-likeness (QED) is 0.213. The Morgan fingerprint density at radius 1 is 0.476 bits per heavy atom. The van der Waals surface area contributed by atoms with Crippen molar-refractivity contribution in [2.75, 3.05) is 0 Å². The SMILES string of the molecule is I[n+]1c2nc3[nH]c(nc4[n+](I)c(nc5[nH]c(nc1-c1ncccc1-2)c1cccnc51)-c1cccnc1-4)c1cccnc31. The molecule has 0 amide bonds. The van der Waals surface area contributed by atoms with Crippen molar-refractivity contribution >= 4 is 90.1 Å². The molecule has 2 aliphatic heterocycles. The maximum absolute atomic E-state index is 5.08. The summed E-state index contributed by atoms with van der Waals surface area (Å²) in [5.74, 6) is 2.63. The zero-order chi connectivity index (χ0) is 27.9. The predicted molar refractivity (Wildman–Crippen MR) is 171 cm³/mol. The van der Waals surface area contributed by atoms with Crippen LogP contribution >= 0.6 is 45.7 Å². The Hall–Kier alpha value is -4.58. The lowest BCUT2D eigenvalue weighted by molar-refractivity contribution is -0.416. The van der Waals surface area contributed by atoms with E-state index < -0.39 is 0 Å². The van der Waals surface area contributed by atoms with Gasteiger partial charge in [0.25, 0.3) is 11.6 Å². The summed E-state index contributed by atoms with van der Waals surface area (Å²) in [7, 11) is 0. The van der Waals surface area contributed by atoms with Crippen molar-refractivity contribution in [1.82, 2.24) is 49.8 Å². The molecule has 0 atom stereocenters. The van der Waals surface area contributed by atoms with Crippen LogP contribution in [-0.2, 0) is 0 Å². The van der Waals surface area contributed by atoms with Crippen LogP contribution in [0.15, 0.2) is 73.3 Å². The van der Waals surface area contributed by atoms with Crippen LogP contribution in [0.1, 0.15) is 0 Å². The standard InChI is InChI=1S/C28H12I2N12/c29-41-26-15-7-3-11-33-19(15)27(41)37-21-13-5-1-9-31-17(13)23(35-21)39-25-16-8-4-12-34-20(16)28(42(25)30)38-22-14-6-2-10-32-18(14)24(36-22)40-26/h1-12H/p+2. The molecular weight excluding hydrogens is 758 g/mol. The normalized spacial score (nSPS) is 12.0. The second-order valence-electron chi connectivity index (χ2n) is 9.55. The van der Waals surface area contributed by atoms with Crippen molar-refractivity contribution in [3.05, 3.63) is 73.3 Å². The second-order valence-corrected chi connectivity index (χ2v) is 11.5. The van der Waals surface area contributed by atoms with Gasteiger partial charge in [0.05, 0.1) is 21.9 Å². The van der Waals surface area contributed by atoms with E-state index in [2.05, 4.69) is 75.6 Å². The third-order valence-electron chi connectivity index (χ3n) is 7.18. The van der Waals surface area contributed by atoms with E-state index in [0.29, 0.717) is 56.9 Å². The monoisotopic (exact) mass is 772 g/mol. The molecule has 0 aromatic carbocycles. The van der Waals surface area contributed by atoms with Gasteiger partial charge in [-0.3, -0.25) is 19.9 Å². The molecule has 0 aliphatic carbocycles. The Balaban J connectivity index is 1.55. The van der Waals surface area contributed by atoms with E-state index in [1.807, 2.05) is 54.1 Å². The van der Waals surface area contributed by atoms with E-state index in [4.69, 9.17) is 19.9 Å². The van der Waals surface area contributed by atoms with Crippen molar-refractivity contribution in [2.45, 2.75) is 0 Å². The third kappa shape index (κ3) is 3.38. The molecule has 9 rings (SSSR count). The van der Waals surface area contributed by atoms with E-state index in [-0.39, 0.29) is 0 Å². The molecule has 0 unspecified atom stereocenters. The first-order valence-corrected chi connectivity index (χ1v) is 14.7. The molecule has 8 bridgehead atoms. The summed E-state index contributed by atoms with van der Waals surface area (Å²) in [4.78, 5) is 45.9. The Labute approximate surface area is 263 Å². The minimum atomic E-state index is 0.578. The Morgan fingerprint density at radius 2 is 0.881 bits per heavy atom. The Kier molecular flexibility index (Phi) is 5.13. The highest BCUT2D eigenvalue weighted by molar-refractivity contribution is 14.1. The first-order valence-electron chi connectivity index (χ1n) is 12.8. The van der Waals surface area contributed by atoms with Crippen molar-refractivity contribution < 1.29 is 5.56 Å². The van der Waals surface area contributed by atoms with Gasteiger partial charge >= 0.3 is 11.6 Å². The molecule has 198 valence electrons. The third-order valence-corrected chi connectivity index (χ3v) is 9.01. The zero-order valence-electron chi connectivity index (χ0n) is 21.2. The van der Waals surface area contributed by atoms with Gasteiger partial charge < -0.3 is 0 Å². The number of hydrogen-bond donors (Lipinski definition) is 2. The van der Waals surface area contributed by atoms with Gasteiger partial charge in [-0.15, -0.1) is 0 Å². The van der Waals surface area contributed by atoms with Crippen LogP contribution in [-0.4, -0.2) is 49.8 Å². The number of nitrogens with one attached hydrogen (secondary N) is 2. The summed E-state index contributed by atoms with van der Waals surface area (Å²) in [6.07, 6.45) is 7.02. The number of pyridine rings is 4. The van der Waals surface area contributed by atoms with Crippen LogP contribution in [0, 0.1) is 0 Å². The molecule has 2 N–H and O–H groups in total. The number of fused-ring (bicyclic) bond motifs is 20. The summed E-state index contributed by atoms with van der Waals surface area (Å²) >= 11 is 4.44. The number of hydrogen-bond acceptors (Lipinski definition) is 8. The molecule has 0 radical (unpaired) electrons. The number of nitrogens with zero attached hydrogens (tertiary/aromatic N) is 10. The fraction of sp³-hybridized carbons (Fsp3) is 0. The summed E-state index contributed by atoms with van der Waals surface area (Å²) in [5.41, 5.74) is 6.94. The average Bonchev–Trinajstić information content (AvgIpc) is 3.71. The van der Waals surface area contributed by atoms with Gasteiger partial charge in [0.15, 0.2) is 57.1 Å². The van der Waals surface area contributed by atoms with Crippen LogP contribution in [0.5, 0.6) is 0 Å². The van der Waals surface area contributed by atoms with Crippen molar-refractivity contribution in [2.24, 2.45) is 0 Å². The molecule has 0 saturated carbocycles. The summed E-state index contributed by atoms with van der Waals surface area (Å²) < 4.78 is 3.82. The molecule has 0 saturated heterocycles. The van der Waals surface area contributed by atoms with E-state index in [9.17, 15) is 0 Å². The number of aromatic nitrogens is 12. The van der Waals surface area contributed by atoms with Crippen LogP contribution in [0.2, 0.25) is 0 Å². The van der Waals surface area contributed by atoms with Crippen molar-refractivity contribution in [3.8, 4) is 45.8 Å². The van der Waals surface area contributed by atoms with Gasteiger partial charge in [-0.1, -0.05) is 19.9 Å². The van der Waals surface area contributed by atoms with Gasteiger partial charge in [0.2, 0.25) is 22.6 Å². The number of aromatic amines is 2. The molecule has 7 aromatic rings. The number of H-pyrrole nitrogens is 2. The molecule has 2 aliphatic rings. The van der Waals surface area contributed by atoms with E-state index in [0.717, 1.165) is 33.3 Å². The minimum absolute atomic E-state index is 0.578. The van der Waals surface area contributed by atoms with E-state index in [1.165, 1.54) is 0 Å². The van der Waals surface area contributed by atoms with Crippen LogP contribution in [0.25, 0.3) is 90.2 Å². The lowest BCUT2D eigenvalue weighted by atomic mass is 10.2. The fourth-order valence-electron chi connectivity index (χ4n) is 5.34. The second kappa shape index (κ2) is 8.96. The Bertz CT molecular complexity index is 2140. The van der Waals surface area contributed by atoms with Gasteiger partial charge in [-0.25, -0.2) is 9.97 Å². The zero-order valence-corrected chi connectivity index (χ0v) is 25.5. The minimum Gasteiger partial charge on any atom is -0.295 e. The van der Waals surface area contributed by atoms with Crippen LogP contribution < -0.4 is 5.56 Å². The summed E-state index contributed by atoms with van der Waals surface area (Å²) in [6.45, 7) is 0. The predicted octanol–water partition coefficient (Wildman–Crippen LogP) is 4.63. The summed E-state index contributed by atoms with van der Waals surface area (Å²) in [5, 5.41) is 1.67.